The van der Waals surface area contributed by atoms with Gasteiger partial charge < -0.3 is 5.11 Å². The summed E-state index contributed by atoms with van der Waals surface area (Å²) in [6.45, 7) is 0. The van der Waals surface area contributed by atoms with Crippen molar-refractivity contribution in [2.45, 2.75) is 37.5 Å². The largest absolute Gasteiger partial charge is 0.389 e. The number of fused-ring (bicyclic) bond motifs is 1. The van der Waals surface area contributed by atoms with Crippen LogP contribution in [0.1, 0.15) is 24.8 Å². The van der Waals surface area contributed by atoms with E-state index in [4.69, 9.17) is 0 Å². The summed E-state index contributed by atoms with van der Waals surface area (Å²) in [6.07, 6.45) is -0.0757. The Balaban J connectivity index is 1.93. The lowest BCUT2D eigenvalue weighted by Gasteiger charge is -2.33. The number of hydrogen-bond acceptors (Lipinski definition) is 2. The predicted molar refractivity (Wildman–Crippen MR) is 76.4 cm³/mol. The summed E-state index contributed by atoms with van der Waals surface area (Å²) in [5.74, 6) is -0.468. The second-order valence-corrected chi connectivity index (χ2v) is 5.55. The maximum Gasteiger partial charge on any atom is 0.198 e. The average Bonchev–Trinajstić information content (AvgIpc) is 2.45. The van der Waals surface area contributed by atoms with Gasteiger partial charge in [0.05, 0.1) is 6.10 Å². The van der Waals surface area contributed by atoms with E-state index in [-0.39, 0.29) is 12.8 Å². The molecule has 2 atom stereocenters. The first-order valence-corrected chi connectivity index (χ1v) is 6.97. The Bertz CT molecular complexity index is 652. The molecule has 3 rings (SSSR count). The first-order valence-electron chi connectivity index (χ1n) is 6.97. The molecule has 104 valence electrons. The highest BCUT2D eigenvalue weighted by atomic mass is 19.1. The van der Waals surface area contributed by atoms with Crippen molar-refractivity contribution in [2.75, 3.05) is 0 Å². The van der Waals surface area contributed by atoms with Crippen LogP contribution in [0.25, 0.3) is 10.8 Å². The zero-order chi connectivity index (χ0) is 14.2. The van der Waals surface area contributed by atoms with E-state index in [1.165, 1.54) is 0 Å². The quantitative estimate of drug-likeness (QED) is 0.911. The highest BCUT2D eigenvalue weighted by molar-refractivity contribution is 5.89. The zero-order valence-corrected chi connectivity index (χ0v) is 11.2. The van der Waals surface area contributed by atoms with Gasteiger partial charge in [0, 0.05) is 12.8 Å². The molecule has 0 saturated heterocycles. The number of hydrogen-bond donors (Lipinski definition) is 1. The number of alkyl halides is 1. The summed E-state index contributed by atoms with van der Waals surface area (Å²) >= 11 is 0. The summed E-state index contributed by atoms with van der Waals surface area (Å²) in [4.78, 5) is 11.9. The molecule has 3 heteroatoms. The molecule has 1 fully saturated rings. The summed E-state index contributed by atoms with van der Waals surface area (Å²) in [5, 5.41) is 12.0. The smallest absolute Gasteiger partial charge is 0.198 e. The Kier molecular flexibility index (Phi) is 3.30. The highest BCUT2D eigenvalue weighted by Crippen LogP contribution is 2.33. The minimum Gasteiger partial charge on any atom is -0.389 e. The average molecular weight is 272 g/mol. The predicted octanol–water partition coefficient (Wildman–Crippen LogP) is 3.20. The SMILES string of the molecule is O=C1CCC[C@@H](O)[C@@]1(F)Cc1ccc2ccccc2c1. The number of ketones is 1. The fourth-order valence-corrected chi connectivity index (χ4v) is 2.94. The maximum absolute atomic E-state index is 14.8. The number of carbonyl (C=O) groups is 1. The van der Waals surface area contributed by atoms with Crippen LogP contribution < -0.4 is 0 Å². The van der Waals surface area contributed by atoms with Gasteiger partial charge in [0.15, 0.2) is 11.5 Å². The Morgan fingerprint density at radius 1 is 1.20 bits per heavy atom. The molecule has 1 N–H and O–H groups in total. The molecule has 0 aromatic heterocycles. The third kappa shape index (κ3) is 2.22. The summed E-state index contributed by atoms with van der Waals surface area (Å²) in [7, 11) is 0. The Morgan fingerprint density at radius 2 is 1.95 bits per heavy atom. The fourth-order valence-electron chi connectivity index (χ4n) is 2.94. The third-order valence-corrected chi connectivity index (χ3v) is 4.15. The van der Waals surface area contributed by atoms with Gasteiger partial charge in [0.25, 0.3) is 0 Å². The lowest BCUT2D eigenvalue weighted by atomic mass is 9.78. The van der Waals surface area contributed by atoms with E-state index in [9.17, 15) is 14.3 Å². The van der Waals surface area contributed by atoms with Crippen molar-refractivity contribution in [3.8, 4) is 0 Å². The Labute approximate surface area is 117 Å². The number of Topliss-reactive ketones (excluding diaryl/α,β-unsaturated/α-hetero) is 1. The van der Waals surface area contributed by atoms with Gasteiger partial charge in [-0.15, -0.1) is 0 Å². The molecule has 0 spiro atoms. The van der Waals surface area contributed by atoms with Crippen molar-refractivity contribution in [1.82, 2.24) is 0 Å². The van der Waals surface area contributed by atoms with Crippen LogP contribution in [0.2, 0.25) is 0 Å². The van der Waals surface area contributed by atoms with Gasteiger partial charge in [0.2, 0.25) is 0 Å². The molecule has 2 aromatic carbocycles. The number of benzene rings is 2. The first kappa shape index (κ1) is 13.3. The van der Waals surface area contributed by atoms with Gasteiger partial charge in [-0.05, 0) is 29.2 Å². The fraction of sp³-hybridized carbons (Fsp3) is 0.353. The molecule has 0 bridgehead atoms. The van der Waals surface area contributed by atoms with E-state index >= 15 is 0 Å². The summed E-state index contributed by atoms with van der Waals surface area (Å²) in [5.41, 5.74) is -1.37. The topological polar surface area (TPSA) is 37.3 Å². The van der Waals surface area contributed by atoms with Crippen molar-refractivity contribution in [2.24, 2.45) is 0 Å². The highest BCUT2D eigenvalue weighted by Gasteiger charge is 2.47. The van der Waals surface area contributed by atoms with Crippen LogP contribution in [0.3, 0.4) is 0 Å². The van der Waals surface area contributed by atoms with Crippen LogP contribution in [0.15, 0.2) is 42.5 Å². The molecular formula is C17H17FO2. The molecular weight excluding hydrogens is 255 g/mol. The third-order valence-electron chi connectivity index (χ3n) is 4.15. The van der Waals surface area contributed by atoms with Gasteiger partial charge >= 0.3 is 0 Å². The number of aliphatic hydroxyl groups excluding tert-OH is 1. The molecule has 1 saturated carbocycles. The molecule has 2 nitrogen and oxygen atoms in total. The normalized spacial score (nSPS) is 26.9. The van der Waals surface area contributed by atoms with Crippen LogP contribution >= 0.6 is 0 Å². The monoisotopic (exact) mass is 272 g/mol. The second-order valence-electron chi connectivity index (χ2n) is 5.55. The van der Waals surface area contributed by atoms with Gasteiger partial charge in [0.1, 0.15) is 0 Å². The second kappa shape index (κ2) is 4.98. The van der Waals surface area contributed by atoms with Crippen LogP contribution in [0, 0.1) is 0 Å². The standard InChI is InChI=1S/C17H17FO2/c18-17(15(19)6-3-7-16(17)20)11-12-8-9-13-4-1-2-5-14(13)10-12/h1-2,4-5,8-10,15,19H,3,6-7,11H2/t15-,17+/m1/s1. The molecule has 0 radical (unpaired) electrons. The minimum absolute atomic E-state index is 0.0438. The zero-order valence-electron chi connectivity index (χ0n) is 11.2. The molecule has 0 aliphatic heterocycles. The van der Waals surface area contributed by atoms with E-state index < -0.39 is 17.6 Å². The van der Waals surface area contributed by atoms with Crippen LogP contribution in [0.5, 0.6) is 0 Å². The summed E-state index contributed by atoms with van der Waals surface area (Å²) in [6, 6.07) is 13.5. The molecule has 1 aliphatic rings. The molecule has 0 amide bonds. The van der Waals surface area contributed by atoms with E-state index in [0.717, 1.165) is 16.3 Å². The molecule has 2 aromatic rings. The van der Waals surface area contributed by atoms with E-state index in [1.54, 1.807) is 0 Å². The van der Waals surface area contributed by atoms with Crippen LogP contribution in [-0.2, 0) is 11.2 Å². The Morgan fingerprint density at radius 3 is 2.70 bits per heavy atom. The molecule has 20 heavy (non-hydrogen) atoms. The van der Waals surface area contributed by atoms with Crippen molar-refractivity contribution >= 4 is 16.6 Å². The van der Waals surface area contributed by atoms with E-state index in [0.29, 0.717) is 12.8 Å². The van der Waals surface area contributed by atoms with E-state index in [1.807, 2.05) is 42.5 Å². The van der Waals surface area contributed by atoms with Crippen molar-refractivity contribution in [1.29, 1.82) is 0 Å². The summed E-state index contributed by atoms with van der Waals surface area (Å²) < 4.78 is 14.8. The first-order chi connectivity index (χ1) is 9.59. The minimum atomic E-state index is -2.12. The lowest BCUT2D eigenvalue weighted by Crippen LogP contribution is -2.50. The Hall–Kier alpha value is -1.74. The van der Waals surface area contributed by atoms with Crippen LogP contribution in [-0.4, -0.2) is 22.7 Å². The van der Waals surface area contributed by atoms with Crippen molar-refractivity contribution in [3.63, 3.8) is 0 Å². The number of aliphatic hydroxyl groups is 1. The molecule has 0 heterocycles. The number of carbonyl (C=O) groups excluding carboxylic acids is 1. The van der Waals surface area contributed by atoms with E-state index in [2.05, 4.69) is 0 Å². The van der Waals surface area contributed by atoms with Gasteiger partial charge in [-0.25, -0.2) is 4.39 Å². The van der Waals surface area contributed by atoms with Gasteiger partial charge in [-0.3, -0.25) is 4.79 Å². The van der Waals surface area contributed by atoms with Crippen LogP contribution in [0.4, 0.5) is 4.39 Å². The van der Waals surface area contributed by atoms with Crippen molar-refractivity contribution < 1.29 is 14.3 Å². The van der Waals surface area contributed by atoms with Gasteiger partial charge in [-0.2, -0.15) is 0 Å². The van der Waals surface area contributed by atoms with Crippen molar-refractivity contribution in [3.05, 3.63) is 48.0 Å². The molecule has 1 aliphatic carbocycles. The lowest BCUT2D eigenvalue weighted by molar-refractivity contribution is -0.143. The number of rotatable bonds is 2. The maximum atomic E-state index is 14.8. The molecule has 0 unspecified atom stereocenters. The van der Waals surface area contributed by atoms with Gasteiger partial charge in [-0.1, -0.05) is 42.5 Å². The number of halogens is 1.